The van der Waals surface area contributed by atoms with E-state index in [1.807, 2.05) is 0 Å². The first kappa shape index (κ1) is 21.1. The van der Waals surface area contributed by atoms with Gasteiger partial charge in [-0.2, -0.15) is 0 Å². The van der Waals surface area contributed by atoms with Crippen LogP contribution in [0.2, 0.25) is 0 Å². The number of anilines is 1. The fourth-order valence-electron chi connectivity index (χ4n) is 3.20. The summed E-state index contributed by atoms with van der Waals surface area (Å²) in [5.41, 5.74) is 1.11. The van der Waals surface area contributed by atoms with E-state index >= 15 is 0 Å². The number of ether oxygens (including phenoxy) is 2. The van der Waals surface area contributed by atoms with Crippen LogP contribution in [0.25, 0.3) is 11.0 Å². The van der Waals surface area contributed by atoms with Crippen molar-refractivity contribution in [1.82, 2.24) is 0 Å². The minimum absolute atomic E-state index is 0.0127. The molecular formula is C25H20FNO5. The average molecular weight is 433 g/mol. The summed E-state index contributed by atoms with van der Waals surface area (Å²) in [6.07, 6.45) is -0.905. The molecule has 162 valence electrons. The van der Waals surface area contributed by atoms with Gasteiger partial charge in [-0.05, 0) is 67.6 Å². The highest BCUT2D eigenvalue weighted by atomic mass is 19.1. The summed E-state index contributed by atoms with van der Waals surface area (Å²) in [6.45, 7) is 1.56. The normalized spacial score (nSPS) is 11.7. The SMILES string of the molecule is COc1ccc(C(=O)c2oc3ccccc3c2NC(=O)C(C)Oc2ccc(F)cc2)cc1. The van der Waals surface area contributed by atoms with Gasteiger partial charge in [0, 0.05) is 10.9 Å². The summed E-state index contributed by atoms with van der Waals surface area (Å²) in [4.78, 5) is 26.0. The zero-order valence-electron chi connectivity index (χ0n) is 17.4. The minimum Gasteiger partial charge on any atom is -0.497 e. The Kier molecular flexibility index (Phi) is 5.89. The lowest BCUT2D eigenvalue weighted by Crippen LogP contribution is -2.30. The lowest BCUT2D eigenvalue weighted by atomic mass is 10.1. The number of fused-ring (bicyclic) bond motifs is 1. The number of carbonyl (C=O) groups excluding carboxylic acids is 2. The van der Waals surface area contributed by atoms with E-state index in [1.54, 1.807) is 62.6 Å². The van der Waals surface area contributed by atoms with Gasteiger partial charge in [0.05, 0.1) is 12.8 Å². The maximum absolute atomic E-state index is 13.2. The monoisotopic (exact) mass is 433 g/mol. The molecule has 3 aromatic carbocycles. The predicted octanol–water partition coefficient (Wildman–Crippen LogP) is 5.22. The van der Waals surface area contributed by atoms with Gasteiger partial charge in [0.2, 0.25) is 5.78 Å². The third-order valence-corrected chi connectivity index (χ3v) is 4.90. The number of halogens is 1. The van der Waals surface area contributed by atoms with Crippen molar-refractivity contribution >= 4 is 28.3 Å². The van der Waals surface area contributed by atoms with Gasteiger partial charge in [0.25, 0.3) is 5.91 Å². The number of hydrogen-bond acceptors (Lipinski definition) is 5. The zero-order valence-corrected chi connectivity index (χ0v) is 17.4. The van der Waals surface area contributed by atoms with E-state index in [2.05, 4.69) is 5.32 Å². The van der Waals surface area contributed by atoms with E-state index in [0.717, 1.165) is 0 Å². The van der Waals surface area contributed by atoms with Crippen molar-refractivity contribution < 1.29 is 27.9 Å². The Morgan fingerprint density at radius 3 is 2.28 bits per heavy atom. The number of carbonyl (C=O) groups is 2. The second kappa shape index (κ2) is 8.93. The van der Waals surface area contributed by atoms with Gasteiger partial charge in [-0.25, -0.2) is 4.39 Å². The summed E-state index contributed by atoms with van der Waals surface area (Å²) in [5, 5.41) is 3.35. The van der Waals surface area contributed by atoms with Crippen molar-refractivity contribution in [3.8, 4) is 11.5 Å². The first-order chi connectivity index (χ1) is 15.5. The molecule has 7 heteroatoms. The Bertz CT molecular complexity index is 1260. The quantitative estimate of drug-likeness (QED) is 0.405. The molecule has 0 spiro atoms. The molecule has 1 atom stereocenters. The van der Waals surface area contributed by atoms with Crippen LogP contribution in [0.15, 0.2) is 77.2 Å². The second-order valence-electron chi connectivity index (χ2n) is 7.06. The molecule has 4 aromatic rings. The molecule has 1 heterocycles. The van der Waals surface area contributed by atoms with Crippen LogP contribution in [0.1, 0.15) is 23.0 Å². The molecule has 0 saturated heterocycles. The van der Waals surface area contributed by atoms with Crippen LogP contribution < -0.4 is 14.8 Å². The fourth-order valence-corrected chi connectivity index (χ4v) is 3.20. The van der Waals surface area contributed by atoms with Crippen molar-refractivity contribution in [2.45, 2.75) is 13.0 Å². The van der Waals surface area contributed by atoms with Gasteiger partial charge < -0.3 is 19.2 Å². The molecule has 0 bridgehead atoms. The zero-order chi connectivity index (χ0) is 22.7. The maximum atomic E-state index is 13.2. The van der Waals surface area contributed by atoms with Crippen molar-refractivity contribution in [2.24, 2.45) is 0 Å². The summed E-state index contributed by atoms with van der Waals surface area (Å²) in [7, 11) is 1.54. The number of nitrogens with one attached hydrogen (secondary N) is 1. The molecular weight excluding hydrogens is 413 g/mol. The van der Waals surface area contributed by atoms with Gasteiger partial charge in [-0.1, -0.05) is 12.1 Å². The van der Waals surface area contributed by atoms with Crippen LogP contribution in [-0.4, -0.2) is 24.9 Å². The minimum atomic E-state index is -0.905. The Morgan fingerprint density at radius 2 is 1.59 bits per heavy atom. The van der Waals surface area contributed by atoms with E-state index < -0.39 is 17.8 Å². The number of amides is 1. The molecule has 0 saturated carbocycles. The first-order valence-corrected chi connectivity index (χ1v) is 9.89. The van der Waals surface area contributed by atoms with Crippen LogP contribution in [-0.2, 0) is 4.79 Å². The van der Waals surface area contributed by atoms with Gasteiger partial charge in [0.15, 0.2) is 11.9 Å². The van der Waals surface area contributed by atoms with Crippen molar-refractivity contribution in [3.05, 3.63) is 89.9 Å². The van der Waals surface area contributed by atoms with Crippen LogP contribution in [0.3, 0.4) is 0 Å². The molecule has 0 fully saturated rings. The number of para-hydroxylation sites is 1. The molecule has 0 aliphatic carbocycles. The Hall–Kier alpha value is -4.13. The van der Waals surface area contributed by atoms with Crippen molar-refractivity contribution in [3.63, 3.8) is 0 Å². The molecule has 1 unspecified atom stereocenters. The third-order valence-electron chi connectivity index (χ3n) is 4.90. The highest BCUT2D eigenvalue weighted by Gasteiger charge is 2.25. The van der Waals surface area contributed by atoms with E-state index in [4.69, 9.17) is 13.9 Å². The molecule has 1 N–H and O–H groups in total. The Labute approximate surface area is 183 Å². The topological polar surface area (TPSA) is 77.8 Å². The van der Waals surface area contributed by atoms with E-state index in [9.17, 15) is 14.0 Å². The Morgan fingerprint density at radius 1 is 0.938 bits per heavy atom. The van der Waals surface area contributed by atoms with Gasteiger partial charge in [-0.15, -0.1) is 0 Å². The van der Waals surface area contributed by atoms with E-state index in [0.29, 0.717) is 28.0 Å². The smallest absolute Gasteiger partial charge is 0.265 e. The molecule has 4 rings (SSSR count). The predicted molar refractivity (Wildman–Crippen MR) is 118 cm³/mol. The van der Waals surface area contributed by atoms with E-state index in [-0.39, 0.29) is 17.2 Å². The van der Waals surface area contributed by atoms with Gasteiger partial charge in [0.1, 0.15) is 22.9 Å². The summed E-state index contributed by atoms with van der Waals surface area (Å²) in [5.74, 6) is -0.289. The highest BCUT2D eigenvalue weighted by Crippen LogP contribution is 2.33. The summed E-state index contributed by atoms with van der Waals surface area (Å²) < 4.78 is 29.6. The number of ketones is 1. The fraction of sp³-hybridized carbons (Fsp3) is 0.120. The molecule has 0 aliphatic heterocycles. The maximum Gasteiger partial charge on any atom is 0.265 e. The average Bonchev–Trinajstić information content (AvgIpc) is 3.18. The second-order valence-corrected chi connectivity index (χ2v) is 7.06. The largest absolute Gasteiger partial charge is 0.497 e. The number of benzene rings is 3. The molecule has 32 heavy (non-hydrogen) atoms. The van der Waals surface area contributed by atoms with Crippen molar-refractivity contribution in [1.29, 1.82) is 0 Å². The van der Waals surface area contributed by atoms with Crippen LogP contribution in [0, 0.1) is 5.82 Å². The van der Waals surface area contributed by atoms with Crippen LogP contribution >= 0.6 is 0 Å². The summed E-state index contributed by atoms with van der Waals surface area (Å²) >= 11 is 0. The van der Waals surface area contributed by atoms with Crippen molar-refractivity contribution in [2.75, 3.05) is 12.4 Å². The molecule has 0 radical (unpaired) electrons. The highest BCUT2D eigenvalue weighted by molar-refractivity contribution is 6.17. The number of hydrogen-bond donors (Lipinski definition) is 1. The lowest BCUT2D eigenvalue weighted by molar-refractivity contribution is -0.122. The summed E-state index contributed by atoms with van der Waals surface area (Å²) in [6, 6.07) is 19.0. The molecule has 6 nitrogen and oxygen atoms in total. The number of rotatable bonds is 7. The standard InChI is InChI=1S/C25H20FNO5/c1-15(31-19-13-9-17(26)10-14-19)25(29)27-22-20-5-3-4-6-21(20)32-24(22)23(28)16-7-11-18(30-2)12-8-16/h3-15H,1-2H3,(H,27,29). The van der Waals surface area contributed by atoms with Crippen LogP contribution in [0.4, 0.5) is 10.1 Å². The van der Waals surface area contributed by atoms with Crippen LogP contribution in [0.5, 0.6) is 11.5 Å². The molecule has 0 aliphatic rings. The number of furan rings is 1. The van der Waals surface area contributed by atoms with E-state index in [1.165, 1.54) is 24.3 Å². The number of methoxy groups -OCH3 is 1. The Balaban J connectivity index is 1.62. The van der Waals surface area contributed by atoms with Gasteiger partial charge >= 0.3 is 0 Å². The third kappa shape index (κ3) is 4.32. The lowest BCUT2D eigenvalue weighted by Gasteiger charge is -2.15. The molecule has 1 amide bonds. The first-order valence-electron chi connectivity index (χ1n) is 9.89. The van der Waals surface area contributed by atoms with Gasteiger partial charge in [-0.3, -0.25) is 9.59 Å². The molecule has 1 aromatic heterocycles.